The van der Waals surface area contributed by atoms with Crippen LogP contribution in [0.3, 0.4) is 0 Å². The topological polar surface area (TPSA) is 50.4 Å². The van der Waals surface area contributed by atoms with Crippen LogP contribution in [0, 0.1) is 5.82 Å². The molecule has 0 aliphatic carbocycles. The normalized spacial score (nSPS) is 10.0. The lowest BCUT2D eigenvalue weighted by Crippen LogP contribution is -2.24. The van der Waals surface area contributed by atoms with Gasteiger partial charge in [-0.05, 0) is 29.8 Å². The van der Waals surface area contributed by atoms with Crippen LogP contribution in [0.15, 0.2) is 48.5 Å². The van der Waals surface area contributed by atoms with E-state index in [1.807, 2.05) is 18.2 Å². The average Bonchev–Trinajstić information content (AvgIpc) is 2.52. The lowest BCUT2D eigenvalue weighted by Gasteiger charge is -2.09. The van der Waals surface area contributed by atoms with Crippen molar-refractivity contribution in [2.24, 2.45) is 0 Å². The molecule has 2 rings (SSSR count). The second-order valence-corrected chi connectivity index (χ2v) is 4.47. The average molecular weight is 288 g/mol. The molecule has 0 saturated carbocycles. The molecule has 0 atom stereocenters. The standard InChI is InChI=1S/C16H17FN2O2/c1-18-16(20)11-21-15-4-2-3-14(9-15)19-10-12-5-7-13(17)8-6-12/h2-9,19H,10-11H2,1H3,(H,18,20). The Morgan fingerprint density at radius 2 is 1.95 bits per heavy atom. The van der Waals surface area contributed by atoms with Gasteiger partial charge < -0.3 is 15.4 Å². The van der Waals surface area contributed by atoms with E-state index in [4.69, 9.17) is 4.74 Å². The van der Waals surface area contributed by atoms with Crippen molar-refractivity contribution >= 4 is 11.6 Å². The lowest BCUT2D eigenvalue weighted by molar-refractivity contribution is -0.122. The molecule has 0 aliphatic heterocycles. The molecule has 0 aliphatic rings. The highest BCUT2D eigenvalue weighted by atomic mass is 19.1. The summed E-state index contributed by atoms with van der Waals surface area (Å²) in [6, 6.07) is 13.7. The third kappa shape index (κ3) is 4.80. The number of amides is 1. The first kappa shape index (κ1) is 14.8. The fourth-order valence-corrected chi connectivity index (χ4v) is 1.72. The van der Waals surface area contributed by atoms with Gasteiger partial charge in [0.15, 0.2) is 6.61 Å². The summed E-state index contributed by atoms with van der Waals surface area (Å²) >= 11 is 0. The lowest BCUT2D eigenvalue weighted by atomic mass is 10.2. The number of nitrogens with one attached hydrogen (secondary N) is 2. The molecule has 4 nitrogen and oxygen atoms in total. The summed E-state index contributed by atoms with van der Waals surface area (Å²) in [4.78, 5) is 11.1. The molecule has 110 valence electrons. The first-order valence-corrected chi connectivity index (χ1v) is 6.59. The van der Waals surface area contributed by atoms with Crippen molar-refractivity contribution in [2.45, 2.75) is 6.54 Å². The van der Waals surface area contributed by atoms with Crippen molar-refractivity contribution in [1.29, 1.82) is 0 Å². The maximum absolute atomic E-state index is 12.8. The summed E-state index contributed by atoms with van der Waals surface area (Å²) in [7, 11) is 1.56. The minimum Gasteiger partial charge on any atom is -0.484 e. The second-order valence-electron chi connectivity index (χ2n) is 4.47. The molecule has 0 unspecified atom stereocenters. The van der Waals surface area contributed by atoms with Crippen molar-refractivity contribution in [3.8, 4) is 5.75 Å². The number of benzene rings is 2. The predicted molar refractivity (Wildman–Crippen MR) is 79.7 cm³/mol. The Labute approximate surface area is 122 Å². The number of carbonyl (C=O) groups is 1. The van der Waals surface area contributed by atoms with Gasteiger partial charge in [0.2, 0.25) is 0 Å². The van der Waals surface area contributed by atoms with Crippen molar-refractivity contribution in [2.75, 3.05) is 19.0 Å². The molecule has 1 amide bonds. The summed E-state index contributed by atoms with van der Waals surface area (Å²) in [6.07, 6.45) is 0. The molecule has 0 bridgehead atoms. The smallest absolute Gasteiger partial charge is 0.257 e. The van der Waals surface area contributed by atoms with Gasteiger partial charge in [-0.3, -0.25) is 4.79 Å². The third-order valence-electron chi connectivity index (χ3n) is 2.89. The number of hydrogen-bond acceptors (Lipinski definition) is 3. The van der Waals surface area contributed by atoms with Gasteiger partial charge in [0.25, 0.3) is 5.91 Å². The summed E-state index contributed by atoms with van der Waals surface area (Å²) < 4.78 is 18.2. The molecule has 2 N–H and O–H groups in total. The van der Waals surface area contributed by atoms with Crippen LogP contribution in [0.5, 0.6) is 5.75 Å². The molecule has 0 spiro atoms. The molecule has 5 heteroatoms. The predicted octanol–water partition coefficient (Wildman–Crippen LogP) is 2.56. The SMILES string of the molecule is CNC(=O)COc1cccc(NCc2ccc(F)cc2)c1. The molecular formula is C16H17FN2O2. The molecule has 2 aromatic rings. The van der Waals surface area contributed by atoms with Gasteiger partial charge in [0.05, 0.1) is 0 Å². The first-order chi connectivity index (χ1) is 10.2. The zero-order valence-electron chi connectivity index (χ0n) is 11.7. The number of carbonyl (C=O) groups excluding carboxylic acids is 1. The van der Waals surface area contributed by atoms with Crippen LogP contribution >= 0.6 is 0 Å². The molecule has 0 saturated heterocycles. The maximum atomic E-state index is 12.8. The minimum atomic E-state index is -0.247. The fourth-order valence-electron chi connectivity index (χ4n) is 1.72. The van der Waals surface area contributed by atoms with E-state index in [1.54, 1.807) is 25.2 Å². The number of ether oxygens (including phenoxy) is 1. The summed E-state index contributed by atoms with van der Waals surface area (Å²) in [5.74, 6) is 0.186. The van der Waals surface area contributed by atoms with E-state index in [0.29, 0.717) is 12.3 Å². The van der Waals surface area contributed by atoms with Crippen LogP contribution in [-0.2, 0) is 11.3 Å². The Morgan fingerprint density at radius 1 is 1.19 bits per heavy atom. The van der Waals surface area contributed by atoms with Gasteiger partial charge in [-0.2, -0.15) is 0 Å². The van der Waals surface area contributed by atoms with Crippen molar-refractivity contribution in [3.63, 3.8) is 0 Å². The van der Waals surface area contributed by atoms with E-state index >= 15 is 0 Å². The Balaban J connectivity index is 1.91. The molecule has 21 heavy (non-hydrogen) atoms. The summed E-state index contributed by atoms with van der Waals surface area (Å²) in [5.41, 5.74) is 1.85. The number of halogens is 1. The fraction of sp³-hybridized carbons (Fsp3) is 0.188. The van der Waals surface area contributed by atoms with Crippen LogP contribution in [-0.4, -0.2) is 19.6 Å². The first-order valence-electron chi connectivity index (χ1n) is 6.59. The quantitative estimate of drug-likeness (QED) is 0.859. The monoisotopic (exact) mass is 288 g/mol. The molecule has 0 aromatic heterocycles. The van der Waals surface area contributed by atoms with Gasteiger partial charge in [0.1, 0.15) is 11.6 Å². The number of hydrogen-bond donors (Lipinski definition) is 2. The third-order valence-corrected chi connectivity index (χ3v) is 2.89. The van der Waals surface area contributed by atoms with Gasteiger partial charge in [0, 0.05) is 25.3 Å². The highest BCUT2D eigenvalue weighted by molar-refractivity contribution is 5.77. The minimum absolute atomic E-state index is 0.0160. The molecule has 2 aromatic carbocycles. The van der Waals surface area contributed by atoms with E-state index in [1.165, 1.54) is 12.1 Å². The van der Waals surface area contributed by atoms with Gasteiger partial charge in [-0.15, -0.1) is 0 Å². The van der Waals surface area contributed by atoms with Crippen LogP contribution < -0.4 is 15.4 Å². The van der Waals surface area contributed by atoms with E-state index in [9.17, 15) is 9.18 Å². The highest BCUT2D eigenvalue weighted by Gasteiger charge is 2.01. The van der Waals surface area contributed by atoms with E-state index in [2.05, 4.69) is 10.6 Å². The number of anilines is 1. The van der Waals surface area contributed by atoms with Gasteiger partial charge >= 0.3 is 0 Å². The second kappa shape index (κ2) is 7.28. The van der Waals surface area contributed by atoms with E-state index in [-0.39, 0.29) is 18.3 Å². The van der Waals surface area contributed by atoms with Gasteiger partial charge in [-0.1, -0.05) is 18.2 Å². The van der Waals surface area contributed by atoms with Gasteiger partial charge in [-0.25, -0.2) is 4.39 Å². The van der Waals surface area contributed by atoms with Crippen molar-refractivity contribution in [1.82, 2.24) is 5.32 Å². The van der Waals surface area contributed by atoms with Crippen molar-refractivity contribution in [3.05, 3.63) is 59.9 Å². The van der Waals surface area contributed by atoms with Crippen LogP contribution in [0.1, 0.15) is 5.56 Å². The van der Waals surface area contributed by atoms with E-state index in [0.717, 1.165) is 11.3 Å². The molecule has 0 fully saturated rings. The highest BCUT2D eigenvalue weighted by Crippen LogP contribution is 2.18. The zero-order chi connectivity index (χ0) is 15.1. The Kier molecular flexibility index (Phi) is 5.15. The van der Waals surface area contributed by atoms with Crippen LogP contribution in [0.2, 0.25) is 0 Å². The summed E-state index contributed by atoms with van der Waals surface area (Å²) in [5, 5.41) is 5.71. The number of likely N-dealkylation sites (N-methyl/N-ethyl adjacent to an activating group) is 1. The Bertz CT molecular complexity index is 599. The molecule has 0 radical (unpaired) electrons. The molecule has 0 heterocycles. The maximum Gasteiger partial charge on any atom is 0.257 e. The van der Waals surface area contributed by atoms with Crippen molar-refractivity contribution < 1.29 is 13.9 Å². The Hall–Kier alpha value is -2.56. The molecular weight excluding hydrogens is 271 g/mol. The zero-order valence-corrected chi connectivity index (χ0v) is 11.7. The van der Waals surface area contributed by atoms with E-state index < -0.39 is 0 Å². The largest absolute Gasteiger partial charge is 0.484 e. The summed E-state index contributed by atoms with van der Waals surface area (Å²) in [6.45, 7) is 0.567. The Morgan fingerprint density at radius 3 is 2.67 bits per heavy atom. The van der Waals surface area contributed by atoms with Crippen LogP contribution in [0.25, 0.3) is 0 Å². The van der Waals surface area contributed by atoms with Crippen LogP contribution in [0.4, 0.5) is 10.1 Å². The number of rotatable bonds is 6.